The second kappa shape index (κ2) is 35.9. The summed E-state index contributed by atoms with van der Waals surface area (Å²) in [7, 11) is 2.78. The van der Waals surface area contributed by atoms with Crippen molar-refractivity contribution in [2.75, 3.05) is 53.6 Å². The minimum absolute atomic E-state index is 0.0115. The topological polar surface area (TPSA) is 310 Å². The molecule has 7 amide bonds. The molecule has 2 fully saturated rings. The Kier molecular flexibility index (Phi) is 25.5. The molecule has 0 saturated carbocycles. The van der Waals surface area contributed by atoms with Crippen LogP contribution in [0.25, 0.3) is 22.0 Å². The number of ether oxygens (including phenoxy) is 5. The average molecular weight is 1570 g/mol. The number of ketones is 2. The van der Waals surface area contributed by atoms with Gasteiger partial charge in [0.25, 0.3) is 0 Å². The summed E-state index contributed by atoms with van der Waals surface area (Å²) in [5.41, 5.74) is 6.63. The minimum atomic E-state index is -1.51. The van der Waals surface area contributed by atoms with Crippen molar-refractivity contribution in [3.05, 3.63) is 208 Å². The normalized spacial score (nSPS) is 22.2. The lowest BCUT2D eigenvalue weighted by atomic mass is 9.87. The zero-order valence-corrected chi connectivity index (χ0v) is 66.0. The molecule has 27 heteroatoms. The van der Waals surface area contributed by atoms with Crippen LogP contribution in [-0.4, -0.2) is 188 Å². The maximum Gasteiger partial charge on any atom is 0.407 e. The number of hydrogen-bond donors (Lipinski definition) is 4. The standard InChI is InChI=1S/C88H100FN11O15/c1-54(115-87(2,3)4)69-46-76(102)81-77-33-37-99(81)83(107)60(44-75(101)72(42-58-14-12-15-59(40-58)47-91-78(103)53-113-77)93-86(110)114-52-71-67-18-10-8-16-65(67)66-17-9-11-19-68(66)71)43-61-49-97(74-29-26-62(89)45-70(61)74)50-63-51-98(95-94-63)39-38-96(79(104)30-31-80(105)112-7)48-57-22-20-55(21-23-57)32-35-90-85(109)88(5)34-13-36-100(88)84(108)73(92-82(69)106)41-56-24-27-64(111-6)28-25-56/h8-12,14-29,40,45,49,51,54,60,69,71-73,77,81H,13,30-39,41-44,46-48,50,52-53H2,1-7H3,(H,90,109)(H,91,103)(H,92,106)(H,93,110)/t54-,60-,69+,72+,73+,77+,81-,88+/m1/s1. The summed E-state index contributed by atoms with van der Waals surface area (Å²) in [5.74, 6) is -8.21. The molecule has 2 saturated heterocycles. The Morgan fingerprint density at radius 1 is 0.739 bits per heavy atom. The molecule has 12 bridgehead atoms. The van der Waals surface area contributed by atoms with Gasteiger partial charge in [-0.2, -0.15) is 0 Å². The Balaban J connectivity index is 0.891. The maximum absolute atomic E-state index is 16.5. The molecular weight excluding hydrogens is 1470 g/mol. The molecule has 5 aliphatic heterocycles. The highest BCUT2D eigenvalue weighted by atomic mass is 19.1. The van der Waals surface area contributed by atoms with Crippen molar-refractivity contribution in [2.45, 2.75) is 179 Å². The van der Waals surface area contributed by atoms with Gasteiger partial charge in [-0.15, -0.1) is 5.10 Å². The highest BCUT2D eigenvalue weighted by Gasteiger charge is 2.50. The lowest BCUT2D eigenvalue weighted by molar-refractivity contribution is -0.150. The highest BCUT2D eigenvalue weighted by molar-refractivity contribution is 5.99. The summed E-state index contributed by atoms with van der Waals surface area (Å²) in [4.78, 5) is 154. The Hall–Kier alpha value is -11.5. The number of fused-ring (bicyclic) bond motifs is 20. The van der Waals surface area contributed by atoms with E-state index in [1.807, 2.05) is 77.4 Å². The van der Waals surface area contributed by atoms with Crippen molar-refractivity contribution in [3.63, 3.8) is 0 Å². The number of nitrogens with one attached hydrogen (secondary N) is 4. The molecule has 1 aliphatic carbocycles. The van der Waals surface area contributed by atoms with E-state index in [0.717, 1.165) is 33.4 Å². The van der Waals surface area contributed by atoms with Gasteiger partial charge in [-0.3, -0.25) is 47.8 Å². The minimum Gasteiger partial charge on any atom is -0.497 e. The first kappa shape index (κ1) is 81.6. The quantitative estimate of drug-likeness (QED) is 0.0879. The summed E-state index contributed by atoms with van der Waals surface area (Å²) in [6, 6.07) is 37.5. The number of amides is 7. The van der Waals surface area contributed by atoms with Crippen LogP contribution in [0.1, 0.15) is 136 Å². The third-order valence-electron chi connectivity index (χ3n) is 22.7. The van der Waals surface area contributed by atoms with Crippen molar-refractivity contribution >= 4 is 70.0 Å². The number of hydrogen-bond acceptors (Lipinski definition) is 17. The number of esters is 1. The summed E-state index contributed by atoms with van der Waals surface area (Å²) in [6.45, 7) is 8.92. The summed E-state index contributed by atoms with van der Waals surface area (Å²) in [6.07, 6.45) is -0.286. The Morgan fingerprint density at radius 3 is 2.20 bits per heavy atom. The predicted molar refractivity (Wildman–Crippen MR) is 423 cm³/mol. The molecule has 8 aromatic rings. The van der Waals surface area contributed by atoms with Crippen LogP contribution >= 0.6 is 0 Å². The van der Waals surface area contributed by atoms with Crippen LogP contribution in [0.2, 0.25) is 0 Å². The molecule has 2 aromatic heterocycles. The van der Waals surface area contributed by atoms with Gasteiger partial charge in [0.15, 0.2) is 11.6 Å². The van der Waals surface area contributed by atoms with E-state index in [2.05, 4.69) is 31.6 Å². The first-order valence-electron chi connectivity index (χ1n) is 39.5. The lowest BCUT2D eigenvalue weighted by Gasteiger charge is -2.37. The van der Waals surface area contributed by atoms with E-state index in [9.17, 15) is 24.0 Å². The molecule has 6 aliphatic rings. The molecule has 7 heterocycles. The van der Waals surface area contributed by atoms with Crippen molar-refractivity contribution < 1.29 is 76.0 Å². The van der Waals surface area contributed by atoms with Crippen molar-refractivity contribution in [1.29, 1.82) is 0 Å². The Morgan fingerprint density at radius 2 is 1.47 bits per heavy atom. The molecule has 604 valence electrons. The first-order valence-corrected chi connectivity index (χ1v) is 39.5. The van der Waals surface area contributed by atoms with Crippen LogP contribution in [0.3, 0.4) is 0 Å². The third kappa shape index (κ3) is 19.5. The molecule has 6 aromatic carbocycles. The number of carbonyl (C=O) groups is 10. The number of methoxy groups -OCH3 is 2. The monoisotopic (exact) mass is 1570 g/mol. The van der Waals surface area contributed by atoms with E-state index in [0.29, 0.717) is 63.9 Å². The second-order valence-corrected chi connectivity index (χ2v) is 31.8. The molecule has 115 heavy (non-hydrogen) atoms. The van der Waals surface area contributed by atoms with Gasteiger partial charge in [-0.25, -0.2) is 9.18 Å². The van der Waals surface area contributed by atoms with Gasteiger partial charge >= 0.3 is 12.1 Å². The van der Waals surface area contributed by atoms with E-state index in [1.54, 1.807) is 111 Å². The molecule has 0 unspecified atom stereocenters. The van der Waals surface area contributed by atoms with Gasteiger partial charge in [0.1, 0.15) is 48.1 Å². The van der Waals surface area contributed by atoms with E-state index in [-0.39, 0.29) is 109 Å². The van der Waals surface area contributed by atoms with E-state index in [1.165, 1.54) is 36.2 Å². The van der Waals surface area contributed by atoms with Gasteiger partial charge in [0.2, 0.25) is 35.4 Å². The van der Waals surface area contributed by atoms with Crippen LogP contribution < -0.4 is 26.0 Å². The molecule has 0 radical (unpaired) electrons. The zero-order chi connectivity index (χ0) is 81.2. The third-order valence-corrected chi connectivity index (χ3v) is 22.7. The number of halogens is 1. The fourth-order valence-corrected chi connectivity index (χ4v) is 16.8. The zero-order valence-electron chi connectivity index (χ0n) is 66.0. The fraction of sp³-hybridized carbons (Fsp3) is 0.432. The molecule has 0 spiro atoms. The van der Waals surface area contributed by atoms with Gasteiger partial charge in [0, 0.05) is 93.9 Å². The van der Waals surface area contributed by atoms with Crippen LogP contribution in [0.15, 0.2) is 152 Å². The number of benzene rings is 6. The number of nitrogens with zero attached hydrogens (tertiary/aromatic N) is 7. The number of rotatable bonds is 11. The SMILES string of the molecule is COC(=O)CCC(=O)N1CCn2cc(nn2)Cn2cc(c3cc(F)ccc32)C[C@@H]2CC(=O)[C@@H](NC(=O)OCC3c4ccccc4-c4ccccc43)Cc3cccc(c3)CNC(=O)CO[C@H]3CCN(C2=O)[C@@H]3C(=O)C[C@@H]([C@@H](C)OC(C)(C)C)C(=O)N[C@@H](Cc2ccc(OC)cc2)C(=O)N2CCC[C@@]2(C)C(=O)NCCc2ccc(cc2)C1. The van der Waals surface area contributed by atoms with Crippen molar-refractivity contribution in [1.82, 2.24) is 55.5 Å². The maximum atomic E-state index is 16.5. The van der Waals surface area contributed by atoms with Crippen LogP contribution in [0.5, 0.6) is 5.75 Å². The van der Waals surface area contributed by atoms with E-state index in [4.69, 9.17) is 23.7 Å². The highest BCUT2D eigenvalue weighted by Crippen LogP contribution is 2.45. The predicted octanol–water partition coefficient (Wildman–Crippen LogP) is 8.85. The second-order valence-electron chi connectivity index (χ2n) is 31.8. The van der Waals surface area contributed by atoms with Crippen LogP contribution in [0.4, 0.5) is 9.18 Å². The van der Waals surface area contributed by atoms with Crippen molar-refractivity contribution in [3.8, 4) is 16.9 Å². The summed E-state index contributed by atoms with van der Waals surface area (Å²) in [5, 5.41) is 21.3. The molecular formula is C88H100FN11O15. The smallest absolute Gasteiger partial charge is 0.407 e. The van der Waals surface area contributed by atoms with Crippen LogP contribution in [-0.2, 0) is 114 Å². The number of aromatic nitrogens is 4. The number of alkyl carbamates (subject to hydrolysis) is 1. The van der Waals surface area contributed by atoms with Gasteiger partial charge in [-0.05, 0) is 159 Å². The van der Waals surface area contributed by atoms with E-state index >= 15 is 28.4 Å². The number of Topliss-reactive ketones (excluding diaryl/α,β-unsaturated/α-hetero) is 2. The fourth-order valence-electron chi connectivity index (χ4n) is 16.8. The number of carbonyl (C=O) groups excluding carboxylic acids is 10. The van der Waals surface area contributed by atoms with Gasteiger partial charge < -0.3 is 64.2 Å². The first-order chi connectivity index (χ1) is 55.3. The van der Waals surface area contributed by atoms with Crippen molar-refractivity contribution in [2.24, 2.45) is 11.8 Å². The lowest BCUT2D eigenvalue weighted by Crippen LogP contribution is -2.61. The molecule has 14 rings (SSSR count). The largest absolute Gasteiger partial charge is 0.497 e. The molecule has 26 nitrogen and oxygen atoms in total. The summed E-state index contributed by atoms with van der Waals surface area (Å²) < 4.78 is 48.9. The molecule has 8 atom stereocenters. The Labute approximate surface area is 667 Å². The van der Waals surface area contributed by atoms with E-state index < -0.39 is 132 Å². The van der Waals surface area contributed by atoms with Crippen LogP contribution in [0, 0.1) is 17.7 Å². The van der Waals surface area contributed by atoms with Gasteiger partial charge in [0.05, 0.1) is 69.7 Å². The Bertz CT molecular complexity index is 4900. The molecule has 4 N–H and O–H groups in total. The summed E-state index contributed by atoms with van der Waals surface area (Å²) >= 11 is 0. The van der Waals surface area contributed by atoms with Gasteiger partial charge in [-0.1, -0.05) is 114 Å². The average Bonchev–Trinajstić information content (AvgIpc) is 1.62.